The molecule has 26 heavy (non-hydrogen) atoms. The number of rotatable bonds is 3. The highest BCUT2D eigenvalue weighted by atomic mass is 35.5. The smallest absolute Gasteiger partial charge is 0.407 e. The topological polar surface area (TPSA) is 70.7 Å². The van der Waals surface area contributed by atoms with E-state index >= 15 is 0 Å². The maximum Gasteiger partial charge on any atom is 0.407 e. The fourth-order valence-electron chi connectivity index (χ4n) is 4.26. The van der Waals surface area contributed by atoms with Crippen molar-refractivity contribution in [2.75, 3.05) is 32.7 Å². The van der Waals surface area contributed by atoms with E-state index in [1.165, 1.54) is 0 Å². The van der Waals surface area contributed by atoms with Crippen molar-refractivity contribution in [3.8, 4) is 0 Å². The predicted octanol–water partition coefficient (Wildman–Crippen LogP) is 1.96. The second-order valence-corrected chi connectivity index (χ2v) is 8.20. The van der Waals surface area contributed by atoms with Crippen molar-refractivity contribution in [2.45, 2.75) is 31.3 Å². The fourth-order valence-corrected chi connectivity index (χ4v) is 4.38. The van der Waals surface area contributed by atoms with E-state index in [2.05, 4.69) is 10.6 Å². The number of benzene rings is 1. The molecule has 3 heterocycles. The molecular weight excluding hydrogens is 354 g/mol. The molecule has 0 aliphatic carbocycles. The standard InChI is InChI=1S/C19H24ClN3O3/c20-15-4-2-14(3-5-15)10-18(11-21-12-18)16(24)23-8-1-6-19(7-9-23)13-22-17(25)26-19/h2-5,21H,1,6-13H2,(H,22,25). The Labute approximate surface area is 158 Å². The van der Waals surface area contributed by atoms with Crippen LogP contribution in [0.2, 0.25) is 5.02 Å². The van der Waals surface area contributed by atoms with E-state index in [1.807, 2.05) is 29.2 Å². The van der Waals surface area contributed by atoms with Gasteiger partial charge < -0.3 is 20.3 Å². The van der Waals surface area contributed by atoms with Crippen LogP contribution in [0.25, 0.3) is 0 Å². The number of carbonyl (C=O) groups excluding carboxylic acids is 2. The molecule has 0 aromatic heterocycles. The molecule has 0 radical (unpaired) electrons. The average Bonchev–Trinajstić information content (AvgIpc) is 2.83. The van der Waals surface area contributed by atoms with Gasteiger partial charge in [-0.3, -0.25) is 4.79 Å². The van der Waals surface area contributed by atoms with Crippen molar-refractivity contribution in [1.82, 2.24) is 15.5 Å². The monoisotopic (exact) mass is 377 g/mol. The first-order chi connectivity index (χ1) is 12.5. The number of amides is 2. The second-order valence-electron chi connectivity index (χ2n) is 7.76. The Bertz CT molecular complexity index is 704. The highest BCUT2D eigenvalue weighted by Crippen LogP contribution is 2.34. The number of nitrogens with zero attached hydrogens (tertiary/aromatic N) is 1. The molecule has 3 saturated heterocycles. The van der Waals surface area contributed by atoms with Crippen molar-refractivity contribution < 1.29 is 14.3 Å². The lowest BCUT2D eigenvalue weighted by molar-refractivity contribution is -0.145. The minimum absolute atomic E-state index is 0.209. The Morgan fingerprint density at radius 3 is 2.54 bits per heavy atom. The van der Waals surface area contributed by atoms with Crippen LogP contribution in [0.1, 0.15) is 24.8 Å². The highest BCUT2D eigenvalue weighted by Gasteiger charge is 2.48. The SMILES string of the molecule is O=C1NCC2(CCCN(C(=O)C3(Cc4ccc(Cl)cc4)CNC3)CC2)O1. The van der Waals surface area contributed by atoms with Gasteiger partial charge in [0.25, 0.3) is 0 Å². The van der Waals surface area contributed by atoms with Gasteiger partial charge in [0.2, 0.25) is 5.91 Å². The first-order valence-corrected chi connectivity index (χ1v) is 9.60. The van der Waals surface area contributed by atoms with Gasteiger partial charge >= 0.3 is 6.09 Å². The summed E-state index contributed by atoms with van der Waals surface area (Å²) in [5.41, 5.74) is 0.313. The lowest BCUT2D eigenvalue weighted by Crippen LogP contribution is -2.63. The fraction of sp³-hybridized carbons (Fsp3) is 0.579. The first kappa shape index (κ1) is 17.6. The molecule has 7 heteroatoms. The largest absolute Gasteiger partial charge is 0.441 e. The van der Waals surface area contributed by atoms with Gasteiger partial charge in [0.05, 0.1) is 12.0 Å². The van der Waals surface area contributed by atoms with Gasteiger partial charge in [-0.1, -0.05) is 23.7 Å². The minimum Gasteiger partial charge on any atom is -0.441 e. The van der Waals surface area contributed by atoms with E-state index in [1.54, 1.807) is 0 Å². The number of hydrogen-bond donors (Lipinski definition) is 2. The molecule has 2 amide bonds. The van der Waals surface area contributed by atoms with E-state index in [-0.39, 0.29) is 17.4 Å². The molecule has 2 N–H and O–H groups in total. The van der Waals surface area contributed by atoms with Crippen LogP contribution in [-0.4, -0.2) is 55.2 Å². The third-order valence-corrected chi connectivity index (χ3v) is 6.14. The number of ether oxygens (including phenoxy) is 1. The van der Waals surface area contributed by atoms with E-state index in [0.717, 1.165) is 24.9 Å². The lowest BCUT2D eigenvalue weighted by atomic mass is 9.75. The van der Waals surface area contributed by atoms with Gasteiger partial charge in [-0.05, 0) is 37.0 Å². The molecule has 1 atom stereocenters. The maximum atomic E-state index is 13.3. The zero-order valence-electron chi connectivity index (χ0n) is 14.7. The number of likely N-dealkylation sites (tertiary alicyclic amines) is 1. The number of nitrogens with one attached hydrogen (secondary N) is 2. The van der Waals surface area contributed by atoms with Crippen molar-refractivity contribution >= 4 is 23.6 Å². The Balaban J connectivity index is 1.45. The van der Waals surface area contributed by atoms with E-state index < -0.39 is 5.60 Å². The van der Waals surface area contributed by atoms with Gasteiger partial charge in [0.1, 0.15) is 5.60 Å². The molecule has 0 saturated carbocycles. The zero-order chi connectivity index (χ0) is 18.2. The van der Waals surface area contributed by atoms with E-state index in [0.29, 0.717) is 44.0 Å². The molecule has 0 bridgehead atoms. The third-order valence-electron chi connectivity index (χ3n) is 5.89. The molecule has 1 aromatic rings. The van der Waals surface area contributed by atoms with Crippen LogP contribution in [0, 0.1) is 5.41 Å². The summed E-state index contributed by atoms with van der Waals surface area (Å²) in [5.74, 6) is 0.209. The summed E-state index contributed by atoms with van der Waals surface area (Å²) in [5, 5.41) is 6.73. The van der Waals surface area contributed by atoms with Gasteiger partial charge in [0.15, 0.2) is 0 Å². The molecule has 3 aliphatic heterocycles. The third kappa shape index (κ3) is 3.28. The molecular formula is C19H24ClN3O3. The van der Waals surface area contributed by atoms with Crippen LogP contribution in [-0.2, 0) is 16.0 Å². The molecule has 140 valence electrons. The highest BCUT2D eigenvalue weighted by molar-refractivity contribution is 6.30. The molecule has 4 rings (SSSR count). The summed E-state index contributed by atoms with van der Waals surface area (Å²) in [4.78, 5) is 26.8. The van der Waals surface area contributed by atoms with Crippen LogP contribution in [0.3, 0.4) is 0 Å². The van der Waals surface area contributed by atoms with Gasteiger partial charge in [-0.2, -0.15) is 0 Å². The summed E-state index contributed by atoms with van der Waals surface area (Å²) < 4.78 is 5.52. The number of carbonyl (C=O) groups is 2. The minimum atomic E-state index is -0.437. The van der Waals surface area contributed by atoms with Crippen molar-refractivity contribution in [2.24, 2.45) is 5.41 Å². The van der Waals surface area contributed by atoms with Crippen LogP contribution in [0.4, 0.5) is 4.79 Å². The summed E-state index contributed by atoms with van der Waals surface area (Å²) in [6.45, 7) is 3.31. The summed E-state index contributed by atoms with van der Waals surface area (Å²) in [6.07, 6.45) is 2.73. The van der Waals surface area contributed by atoms with Crippen molar-refractivity contribution in [3.63, 3.8) is 0 Å². The van der Waals surface area contributed by atoms with E-state index in [4.69, 9.17) is 16.3 Å². The quantitative estimate of drug-likeness (QED) is 0.844. The normalized spacial score (nSPS) is 27.4. The van der Waals surface area contributed by atoms with Crippen LogP contribution < -0.4 is 10.6 Å². The van der Waals surface area contributed by atoms with E-state index in [9.17, 15) is 9.59 Å². The summed E-state index contributed by atoms with van der Waals surface area (Å²) >= 11 is 5.97. The Morgan fingerprint density at radius 1 is 1.15 bits per heavy atom. The Kier molecular flexibility index (Phi) is 4.57. The molecule has 6 nitrogen and oxygen atoms in total. The number of hydrogen-bond acceptors (Lipinski definition) is 4. The van der Waals surface area contributed by atoms with Gasteiger partial charge in [0, 0.05) is 37.6 Å². The summed E-state index contributed by atoms with van der Waals surface area (Å²) in [6, 6.07) is 7.74. The number of halogens is 1. The molecule has 3 aliphatic rings. The molecule has 1 aromatic carbocycles. The maximum absolute atomic E-state index is 13.3. The second kappa shape index (κ2) is 6.74. The predicted molar refractivity (Wildman–Crippen MR) is 98.1 cm³/mol. The van der Waals surface area contributed by atoms with Gasteiger partial charge in [-0.15, -0.1) is 0 Å². The van der Waals surface area contributed by atoms with Crippen molar-refractivity contribution in [3.05, 3.63) is 34.9 Å². The van der Waals surface area contributed by atoms with Crippen LogP contribution in [0.5, 0.6) is 0 Å². The Hall–Kier alpha value is -1.79. The van der Waals surface area contributed by atoms with Crippen LogP contribution in [0.15, 0.2) is 24.3 Å². The van der Waals surface area contributed by atoms with Crippen molar-refractivity contribution in [1.29, 1.82) is 0 Å². The lowest BCUT2D eigenvalue weighted by Gasteiger charge is -2.44. The van der Waals surface area contributed by atoms with Crippen LogP contribution >= 0.6 is 11.6 Å². The molecule has 1 spiro atoms. The molecule has 1 unspecified atom stereocenters. The average molecular weight is 378 g/mol. The first-order valence-electron chi connectivity index (χ1n) is 9.22. The van der Waals surface area contributed by atoms with Gasteiger partial charge in [-0.25, -0.2) is 4.79 Å². The number of alkyl carbamates (subject to hydrolysis) is 1. The summed E-state index contributed by atoms with van der Waals surface area (Å²) in [7, 11) is 0. The Morgan fingerprint density at radius 2 is 1.92 bits per heavy atom. The molecule has 3 fully saturated rings. The zero-order valence-corrected chi connectivity index (χ0v) is 15.5.